The van der Waals surface area contributed by atoms with Gasteiger partial charge in [-0.15, -0.1) is 0 Å². The summed E-state index contributed by atoms with van der Waals surface area (Å²) in [6.45, 7) is 9.54. The van der Waals surface area contributed by atoms with Gasteiger partial charge in [-0.2, -0.15) is 0 Å². The smallest absolute Gasteiger partial charge is 0.338 e. The Kier molecular flexibility index (Phi) is 11.3. The molecule has 0 N–H and O–H groups in total. The van der Waals surface area contributed by atoms with Crippen LogP contribution in [-0.2, 0) is 11.2 Å². The lowest BCUT2D eigenvalue weighted by Gasteiger charge is -2.18. The molecule has 0 radical (unpaired) electrons. The normalized spacial score (nSPS) is 13.3. The van der Waals surface area contributed by atoms with Gasteiger partial charge in [0.25, 0.3) is 0 Å². The van der Waals surface area contributed by atoms with E-state index in [1.807, 2.05) is 68.6 Å². The minimum absolute atomic E-state index is 0.0502. The first-order chi connectivity index (χ1) is 18.6. The van der Waals surface area contributed by atoms with Crippen molar-refractivity contribution in [2.45, 2.75) is 59.8 Å². The standard InChI is InChI=1S/C31H34N2O3.C2H6/c1-3-5-9-23(4-2)22-36-31(35)27-12-13-29-26(20-27)16-19-33(29)21-28(24-10-7-6-8-11-24)30(34)25-14-17-32-18-15-25;1-2/h6-8,10-15,17-18,20-21,23H,3-5,9,16,19,22H2,1-2H3;1-2H3/b28-21+;. The van der Waals surface area contributed by atoms with Gasteiger partial charge in [0.2, 0.25) is 0 Å². The van der Waals surface area contributed by atoms with Gasteiger partial charge < -0.3 is 9.64 Å². The van der Waals surface area contributed by atoms with Crippen molar-refractivity contribution >= 4 is 23.0 Å². The molecule has 1 unspecified atom stereocenters. The molecule has 2 heterocycles. The average molecular weight is 513 g/mol. The Morgan fingerprint density at radius 3 is 2.39 bits per heavy atom. The van der Waals surface area contributed by atoms with Crippen LogP contribution < -0.4 is 4.90 Å². The Morgan fingerprint density at radius 2 is 1.71 bits per heavy atom. The van der Waals surface area contributed by atoms with Crippen LogP contribution in [0.4, 0.5) is 5.69 Å². The van der Waals surface area contributed by atoms with Crippen molar-refractivity contribution in [3.8, 4) is 0 Å². The minimum Gasteiger partial charge on any atom is -0.462 e. The maximum absolute atomic E-state index is 13.4. The average Bonchev–Trinajstić information content (AvgIpc) is 3.39. The molecule has 1 aliphatic heterocycles. The quantitative estimate of drug-likeness (QED) is 0.149. The van der Waals surface area contributed by atoms with E-state index in [1.165, 1.54) is 0 Å². The fourth-order valence-electron chi connectivity index (χ4n) is 4.56. The van der Waals surface area contributed by atoms with Gasteiger partial charge in [-0.25, -0.2) is 4.79 Å². The van der Waals surface area contributed by atoms with Crippen LogP contribution in [0, 0.1) is 5.92 Å². The lowest BCUT2D eigenvalue weighted by atomic mass is 9.98. The zero-order valence-corrected chi connectivity index (χ0v) is 23.2. The Balaban J connectivity index is 0.00000195. The Bertz CT molecular complexity index is 1210. The predicted molar refractivity (Wildman–Crippen MR) is 155 cm³/mol. The second-order valence-electron chi connectivity index (χ2n) is 9.28. The fraction of sp³-hybridized carbons (Fsp3) is 0.364. The summed E-state index contributed by atoms with van der Waals surface area (Å²) in [5.74, 6) is 0.101. The Morgan fingerprint density at radius 1 is 0.974 bits per heavy atom. The summed E-state index contributed by atoms with van der Waals surface area (Å²) in [6, 6.07) is 18.9. The van der Waals surface area contributed by atoms with Gasteiger partial charge >= 0.3 is 5.97 Å². The number of unbranched alkanes of at least 4 members (excludes halogenated alkanes) is 1. The molecule has 0 aliphatic carbocycles. The van der Waals surface area contributed by atoms with Crippen molar-refractivity contribution in [3.63, 3.8) is 0 Å². The van der Waals surface area contributed by atoms with E-state index in [2.05, 4.69) is 23.7 Å². The lowest BCUT2D eigenvalue weighted by Crippen LogP contribution is -2.16. The van der Waals surface area contributed by atoms with Crippen LogP contribution in [0.5, 0.6) is 0 Å². The van der Waals surface area contributed by atoms with E-state index >= 15 is 0 Å². The Labute approximate surface area is 227 Å². The molecule has 0 amide bonds. The van der Waals surface area contributed by atoms with Crippen LogP contribution in [-0.4, -0.2) is 29.9 Å². The van der Waals surface area contributed by atoms with Gasteiger partial charge in [0.1, 0.15) is 0 Å². The highest BCUT2D eigenvalue weighted by atomic mass is 16.5. The van der Waals surface area contributed by atoms with Gasteiger partial charge in [-0.05, 0) is 60.2 Å². The van der Waals surface area contributed by atoms with E-state index in [4.69, 9.17) is 4.74 Å². The van der Waals surface area contributed by atoms with Crippen molar-refractivity contribution in [1.82, 2.24) is 4.98 Å². The second kappa shape index (κ2) is 14.9. The summed E-state index contributed by atoms with van der Waals surface area (Å²) in [6.07, 6.45) is 10.4. The number of esters is 1. The Hall–Kier alpha value is -3.73. The molecule has 0 spiro atoms. The van der Waals surface area contributed by atoms with Gasteiger partial charge in [0, 0.05) is 42.0 Å². The number of ether oxygens (including phenoxy) is 1. The number of rotatable bonds is 11. The number of hydrogen-bond donors (Lipinski definition) is 0. The number of benzene rings is 2. The molecule has 4 rings (SSSR count). The summed E-state index contributed by atoms with van der Waals surface area (Å²) in [5, 5.41) is 0. The van der Waals surface area contributed by atoms with Crippen LogP contribution in [0.1, 0.15) is 85.2 Å². The van der Waals surface area contributed by atoms with E-state index in [1.54, 1.807) is 24.5 Å². The van der Waals surface area contributed by atoms with Gasteiger partial charge in [0.05, 0.1) is 12.2 Å². The van der Waals surface area contributed by atoms with E-state index in [9.17, 15) is 9.59 Å². The highest BCUT2D eigenvalue weighted by Crippen LogP contribution is 2.32. The number of fused-ring (bicyclic) bond motifs is 1. The van der Waals surface area contributed by atoms with Crippen molar-refractivity contribution in [2.75, 3.05) is 18.1 Å². The molecule has 5 heteroatoms. The second-order valence-corrected chi connectivity index (χ2v) is 9.28. The number of aromatic nitrogens is 1. The number of pyridine rings is 1. The number of ketones is 1. The largest absolute Gasteiger partial charge is 0.462 e. The SMILES string of the molecule is CC.CCCCC(CC)COC(=O)c1ccc2c(c1)CCN2/C=C(/C(=O)c1ccncc1)c1ccccc1. The van der Waals surface area contributed by atoms with Crippen LogP contribution in [0.3, 0.4) is 0 Å². The molecule has 0 bridgehead atoms. The van der Waals surface area contributed by atoms with Crippen molar-refractivity contribution in [1.29, 1.82) is 0 Å². The van der Waals surface area contributed by atoms with Crippen LogP contribution in [0.15, 0.2) is 79.3 Å². The zero-order valence-electron chi connectivity index (χ0n) is 23.2. The third kappa shape index (κ3) is 7.41. The van der Waals surface area contributed by atoms with E-state index in [0.29, 0.717) is 29.2 Å². The van der Waals surface area contributed by atoms with E-state index in [0.717, 1.165) is 55.5 Å². The molecule has 1 aromatic heterocycles. The molecule has 200 valence electrons. The van der Waals surface area contributed by atoms with Gasteiger partial charge in [-0.1, -0.05) is 77.3 Å². The summed E-state index contributed by atoms with van der Waals surface area (Å²) in [4.78, 5) is 32.3. The predicted octanol–water partition coefficient (Wildman–Crippen LogP) is 7.77. The minimum atomic E-state index is -0.264. The first kappa shape index (κ1) is 28.8. The van der Waals surface area contributed by atoms with E-state index < -0.39 is 0 Å². The molecule has 0 fully saturated rings. The lowest BCUT2D eigenvalue weighted by molar-refractivity contribution is 0.0428. The molecular formula is C33H40N2O3. The van der Waals surface area contributed by atoms with Crippen molar-refractivity contribution < 1.29 is 14.3 Å². The maximum atomic E-state index is 13.4. The monoisotopic (exact) mass is 512 g/mol. The van der Waals surface area contributed by atoms with Crippen LogP contribution in [0.25, 0.3) is 5.57 Å². The molecular weight excluding hydrogens is 472 g/mol. The number of carbonyl (C=O) groups is 2. The highest BCUT2D eigenvalue weighted by Gasteiger charge is 2.23. The summed E-state index contributed by atoms with van der Waals surface area (Å²) >= 11 is 0. The molecule has 2 aromatic carbocycles. The van der Waals surface area contributed by atoms with Crippen LogP contribution >= 0.6 is 0 Å². The number of allylic oxidation sites excluding steroid dienone is 1. The van der Waals surface area contributed by atoms with E-state index in [-0.39, 0.29) is 11.8 Å². The van der Waals surface area contributed by atoms with Gasteiger partial charge in [-0.3, -0.25) is 9.78 Å². The number of carbonyl (C=O) groups excluding carboxylic acids is 2. The van der Waals surface area contributed by atoms with Crippen molar-refractivity contribution in [2.24, 2.45) is 5.92 Å². The first-order valence-corrected chi connectivity index (χ1v) is 13.9. The molecule has 5 nitrogen and oxygen atoms in total. The molecule has 1 aliphatic rings. The number of anilines is 1. The molecule has 0 saturated carbocycles. The topological polar surface area (TPSA) is 59.5 Å². The molecule has 38 heavy (non-hydrogen) atoms. The number of nitrogens with zero attached hydrogens (tertiary/aromatic N) is 2. The number of Topliss-reactive ketones (excluding diaryl/α,β-unsaturated/α-hetero) is 1. The molecule has 0 saturated heterocycles. The highest BCUT2D eigenvalue weighted by molar-refractivity contribution is 6.29. The number of hydrogen-bond acceptors (Lipinski definition) is 5. The first-order valence-electron chi connectivity index (χ1n) is 13.9. The van der Waals surface area contributed by atoms with Crippen molar-refractivity contribution in [3.05, 3.63) is 102 Å². The summed E-state index contributed by atoms with van der Waals surface area (Å²) in [5.41, 5.74) is 4.76. The summed E-state index contributed by atoms with van der Waals surface area (Å²) in [7, 11) is 0. The van der Waals surface area contributed by atoms with Crippen LogP contribution in [0.2, 0.25) is 0 Å². The molecule has 1 atom stereocenters. The third-order valence-electron chi connectivity index (χ3n) is 6.80. The summed E-state index contributed by atoms with van der Waals surface area (Å²) < 4.78 is 5.65. The zero-order chi connectivity index (χ0) is 27.3. The maximum Gasteiger partial charge on any atom is 0.338 e. The third-order valence-corrected chi connectivity index (χ3v) is 6.80. The fourth-order valence-corrected chi connectivity index (χ4v) is 4.56. The molecule has 3 aromatic rings. The van der Waals surface area contributed by atoms with Gasteiger partial charge in [0.15, 0.2) is 5.78 Å².